The van der Waals surface area contributed by atoms with Crippen LogP contribution in [0.15, 0.2) is 42.9 Å². The number of carboxylic acid groups (broad SMARTS) is 1. The van der Waals surface area contributed by atoms with E-state index in [9.17, 15) is 28.2 Å². The monoisotopic (exact) mass is 489 g/mol. The highest BCUT2D eigenvalue weighted by atomic mass is 19.4. The number of halogens is 3. The first-order valence-corrected chi connectivity index (χ1v) is 11.2. The molecule has 1 atom stereocenters. The molecule has 2 heterocycles. The number of hydrogen-bond acceptors (Lipinski definition) is 6. The maximum absolute atomic E-state index is 13.0. The normalized spacial score (nSPS) is 20.3. The number of aliphatic hydroxyl groups is 1. The van der Waals surface area contributed by atoms with Crippen molar-refractivity contribution in [2.45, 2.75) is 51.3 Å². The number of anilines is 2. The lowest BCUT2D eigenvalue weighted by atomic mass is 9.72. The molecular formula is C24H26F3N5O3. The molecule has 0 spiro atoms. The number of nitrogens with zero attached hydrogens (tertiary/aromatic N) is 4. The Labute approximate surface area is 199 Å². The summed E-state index contributed by atoms with van der Waals surface area (Å²) in [5.41, 5.74) is 0.324. The fourth-order valence-corrected chi connectivity index (χ4v) is 4.54. The van der Waals surface area contributed by atoms with Crippen LogP contribution in [0.1, 0.15) is 49.4 Å². The molecule has 1 fully saturated rings. The molecule has 35 heavy (non-hydrogen) atoms. The van der Waals surface area contributed by atoms with Gasteiger partial charge in [0.15, 0.2) is 0 Å². The molecule has 1 aliphatic carbocycles. The minimum atomic E-state index is -4.58. The largest absolute Gasteiger partial charge is 0.481 e. The van der Waals surface area contributed by atoms with Crippen LogP contribution in [0.3, 0.4) is 0 Å². The molecule has 0 saturated heterocycles. The summed E-state index contributed by atoms with van der Waals surface area (Å²) >= 11 is 0. The summed E-state index contributed by atoms with van der Waals surface area (Å²) in [6.45, 7) is 3.55. The molecule has 0 unspecified atom stereocenters. The van der Waals surface area contributed by atoms with Crippen molar-refractivity contribution in [2.75, 3.05) is 5.32 Å². The maximum Gasteiger partial charge on any atom is 0.433 e. The van der Waals surface area contributed by atoms with Gasteiger partial charge < -0.3 is 15.5 Å². The van der Waals surface area contributed by atoms with E-state index in [1.54, 1.807) is 36.1 Å². The van der Waals surface area contributed by atoms with E-state index in [0.717, 1.165) is 17.8 Å². The molecule has 186 valence electrons. The van der Waals surface area contributed by atoms with Crippen LogP contribution in [-0.2, 0) is 16.6 Å². The summed E-state index contributed by atoms with van der Waals surface area (Å²) in [5.74, 6) is -1.44. The van der Waals surface area contributed by atoms with Crippen LogP contribution in [0, 0.1) is 18.8 Å². The maximum atomic E-state index is 13.0. The third-order valence-electron chi connectivity index (χ3n) is 6.57. The number of carbonyl (C=O) groups is 1. The molecule has 0 radical (unpaired) electrons. The van der Waals surface area contributed by atoms with Crippen molar-refractivity contribution in [3.63, 3.8) is 0 Å². The van der Waals surface area contributed by atoms with Gasteiger partial charge >= 0.3 is 12.1 Å². The second-order valence-electron chi connectivity index (χ2n) is 9.15. The van der Waals surface area contributed by atoms with Crippen molar-refractivity contribution in [3.05, 3.63) is 59.7 Å². The second kappa shape index (κ2) is 9.29. The first-order chi connectivity index (χ1) is 16.4. The number of aliphatic carboxylic acids is 1. The van der Waals surface area contributed by atoms with E-state index in [1.807, 2.05) is 13.0 Å². The number of aryl methyl sites for hydroxylation is 1. The summed E-state index contributed by atoms with van der Waals surface area (Å²) in [7, 11) is 0. The van der Waals surface area contributed by atoms with Crippen LogP contribution >= 0.6 is 0 Å². The smallest absolute Gasteiger partial charge is 0.433 e. The first-order valence-electron chi connectivity index (χ1n) is 11.2. The Hall–Kier alpha value is -3.47. The second-order valence-corrected chi connectivity index (χ2v) is 9.15. The summed E-state index contributed by atoms with van der Waals surface area (Å²) in [6, 6.07) is 6.09. The zero-order valence-electron chi connectivity index (χ0n) is 19.3. The summed E-state index contributed by atoms with van der Waals surface area (Å²) < 4.78 is 40.5. The van der Waals surface area contributed by atoms with E-state index in [2.05, 4.69) is 20.4 Å². The molecule has 0 bridgehead atoms. The minimum absolute atomic E-state index is 0.0939. The Kier molecular flexibility index (Phi) is 6.54. The van der Waals surface area contributed by atoms with E-state index in [-0.39, 0.29) is 17.8 Å². The Bertz CT molecular complexity index is 1220. The highest BCUT2D eigenvalue weighted by Gasteiger charge is 2.39. The van der Waals surface area contributed by atoms with E-state index in [1.165, 1.54) is 0 Å². The summed E-state index contributed by atoms with van der Waals surface area (Å²) in [6.07, 6.45) is 2.00. The number of carboxylic acids is 1. The van der Waals surface area contributed by atoms with Gasteiger partial charge in [0.05, 0.1) is 23.4 Å². The Morgan fingerprint density at radius 3 is 2.54 bits per heavy atom. The molecule has 2 aromatic heterocycles. The SMILES string of the molecule is Cc1cc(Nc2nccc(C(F)(F)F)n2)cc(-n2cc([C@](C)(O)[C@H]3CC[C@H](C(=O)O)CC3)cn2)c1. The Morgan fingerprint density at radius 2 is 1.89 bits per heavy atom. The third kappa shape index (κ3) is 5.45. The molecule has 0 amide bonds. The molecule has 1 saturated carbocycles. The zero-order valence-corrected chi connectivity index (χ0v) is 19.3. The molecular weight excluding hydrogens is 463 g/mol. The highest BCUT2D eigenvalue weighted by molar-refractivity contribution is 5.70. The average molecular weight is 489 g/mol. The number of nitrogens with one attached hydrogen (secondary N) is 1. The minimum Gasteiger partial charge on any atom is -0.481 e. The summed E-state index contributed by atoms with van der Waals surface area (Å²) in [4.78, 5) is 18.6. The van der Waals surface area contributed by atoms with Gasteiger partial charge in [0.2, 0.25) is 5.95 Å². The zero-order chi connectivity index (χ0) is 25.4. The van der Waals surface area contributed by atoms with E-state index in [0.29, 0.717) is 42.6 Å². The number of hydrogen-bond donors (Lipinski definition) is 3. The molecule has 3 N–H and O–H groups in total. The molecule has 0 aliphatic heterocycles. The van der Waals surface area contributed by atoms with Crippen LogP contribution in [0.5, 0.6) is 0 Å². The molecule has 1 aromatic carbocycles. The molecule has 11 heteroatoms. The van der Waals surface area contributed by atoms with Crippen molar-refractivity contribution >= 4 is 17.6 Å². The third-order valence-corrected chi connectivity index (χ3v) is 6.57. The predicted molar refractivity (Wildman–Crippen MR) is 121 cm³/mol. The molecule has 1 aliphatic rings. The van der Waals surface area contributed by atoms with Gasteiger partial charge in [0.25, 0.3) is 0 Å². The lowest BCUT2D eigenvalue weighted by Crippen LogP contribution is -2.35. The van der Waals surface area contributed by atoms with Gasteiger partial charge in [-0.05, 0) is 75.3 Å². The predicted octanol–water partition coefficient (Wildman–Crippen LogP) is 4.83. The van der Waals surface area contributed by atoms with Crippen LogP contribution in [-0.4, -0.2) is 35.9 Å². The molecule has 4 rings (SSSR count). The summed E-state index contributed by atoms with van der Waals surface area (Å²) in [5, 5.41) is 27.7. The first kappa shape index (κ1) is 24.6. The lowest BCUT2D eigenvalue weighted by Gasteiger charge is -2.36. The van der Waals surface area contributed by atoms with Crippen LogP contribution < -0.4 is 5.32 Å². The number of aromatic nitrogens is 4. The number of benzene rings is 1. The van der Waals surface area contributed by atoms with Gasteiger partial charge in [-0.25, -0.2) is 14.6 Å². The Balaban J connectivity index is 1.54. The van der Waals surface area contributed by atoms with Crippen molar-refractivity contribution in [2.24, 2.45) is 11.8 Å². The average Bonchev–Trinajstić information content (AvgIpc) is 3.30. The fraction of sp³-hybridized carbons (Fsp3) is 0.417. The fourth-order valence-electron chi connectivity index (χ4n) is 4.54. The Morgan fingerprint density at radius 1 is 1.17 bits per heavy atom. The van der Waals surface area contributed by atoms with Crippen LogP contribution in [0.4, 0.5) is 24.8 Å². The van der Waals surface area contributed by atoms with Gasteiger partial charge in [-0.1, -0.05) is 0 Å². The van der Waals surface area contributed by atoms with E-state index in [4.69, 9.17) is 0 Å². The van der Waals surface area contributed by atoms with Gasteiger partial charge in [0, 0.05) is 23.6 Å². The van der Waals surface area contributed by atoms with Crippen LogP contribution in [0.25, 0.3) is 5.69 Å². The van der Waals surface area contributed by atoms with Crippen LogP contribution in [0.2, 0.25) is 0 Å². The van der Waals surface area contributed by atoms with Crippen molar-refractivity contribution in [3.8, 4) is 5.69 Å². The van der Waals surface area contributed by atoms with E-state index < -0.39 is 23.4 Å². The lowest BCUT2D eigenvalue weighted by molar-refractivity contribution is -0.144. The topological polar surface area (TPSA) is 113 Å². The van der Waals surface area contributed by atoms with Crippen molar-refractivity contribution in [1.29, 1.82) is 0 Å². The molecule has 3 aromatic rings. The number of alkyl halides is 3. The van der Waals surface area contributed by atoms with Gasteiger partial charge in [-0.3, -0.25) is 4.79 Å². The molecule has 8 nitrogen and oxygen atoms in total. The van der Waals surface area contributed by atoms with Crippen molar-refractivity contribution < 1.29 is 28.2 Å². The number of rotatable bonds is 6. The standard InChI is InChI=1S/C24H26F3N5O3/c1-14-9-18(30-22-28-8-7-20(31-22)24(25,26)27)11-19(10-14)32-13-17(12-29-32)23(2,35)16-5-3-15(4-6-16)21(33)34/h7-13,15-16,35H,3-6H2,1-2H3,(H,33,34)(H,28,30,31)/t15-,16-,23-/m1/s1. The highest BCUT2D eigenvalue weighted by Crippen LogP contribution is 2.41. The van der Waals surface area contributed by atoms with Gasteiger partial charge in [-0.2, -0.15) is 18.3 Å². The van der Waals surface area contributed by atoms with Crippen molar-refractivity contribution in [1.82, 2.24) is 19.7 Å². The van der Waals surface area contributed by atoms with E-state index >= 15 is 0 Å². The van der Waals surface area contributed by atoms with Gasteiger partial charge in [-0.15, -0.1) is 0 Å². The van der Waals surface area contributed by atoms with Gasteiger partial charge in [0.1, 0.15) is 5.69 Å². The quantitative estimate of drug-likeness (QED) is 0.454.